The lowest BCUT2D eigenvalue weighted by Gasteiger charge is -2.25. The van der Waals surface area contributed by atoms with Gasteiger partial charge in [-0.05, 0) is 50.4 Å². The summed E-state index contributed by atoms with van der Waals surface area (Å²) in [5.41, 5.74) is 1.20. The molecule has 0 spiro atoms. The largest absolute Gasteiger partial charge is 0.315 e. The Bertz CT molecular complexity index is 569. The van der Waals surface area contributed by atoms with Crippen LogP contribution in [-0.2, 0) is 10.0 Å². The number of hydrogen-bond donors (Lipinski definition) is 2. The second-order valence-corrected chi connectivity index (χ2v) is 7.35. The quantitative estimate of drug-likeness (QED) is 0.892. The van der Waals surface area contributed by atoms with Gasteiger partial charge in [0.05, 0.1) is 5.25 Å². The monoisotopic (exact) mass is 300 g/mol. The first-order valence-electron chi connectivity index (χ1n) is 6.88. The summed E-state index contributed by atoms with van der Waals surface area (Å²) >= 11 is 0. The van der Waals surface area contributed by atoms with Crippen LogP contribution in [0.15, 0.2) is 18.2 Å². The predicted octanol–water partition coefficient (Wildman–Crippen LogP) is 1.87. The van der Waals surface area contributed by atoms with Gasteiger partial charge in [0.1, 0.15) is 5.82 Å². The third-order valence-corrected chi connectivity index (χ3v) is 5.69. The van der Waals surface area contributed by atoms with Gasteiger partial charge in [-0.2, -0.15) is 0 Å². The van der Waals surface area contributed by atoms with Gasteiger partial charge >= 0.3 is 0 Å². The highest BCUT2D eigenvalue weighted by Gasteiger charge is 2.28. The van der Waals surface area contributed by atoms with Crippen LogP contribution in [0, 0.1) is 12.7 Å². The van der Waals surface area contributed by atoms with Gasteiger partial charge in [-0.1, -0.05) is 12.1 Å². The molecule has 0 saturated carbocycles. The maximum Gasteiger partial charge on any atom is 0.216 e. The van der Waals surface area contributed by atoms with Crippen molar-refractivity contribution in [3.63, 3.8) is 0 Å². The molecule has 1 aromatic rings. The molecule has 2 N–H and O–H groups in total. The Morgan fingerprint density at radius 3 is 2.80 bits per heavy atom. The van der Waals surface area contributed by atoms with E-state index < -0.39 is 21.3 Å². The Hall–Kier alpha value is -0.980. The van der Waals surface area contributed by atoms with Gasteiger partial charge in [-0.15, -0.1) is 0 Å². The molecule has 0 bridgehead atoms. The summed E-state index contributed by atoms with van der Waals surface area (Å²) in [6.07, 6.45) is 1.52. The third kappa shape index (κ3) is 3.56. The van der Waals surface area contributed by atoms with E-state index in [2.05, 4.69) is 10.0 Å². The fraction of sp³-hybridized carbons (Fsp3) is 0.571. The van der Waals surface area contributed by atoms with Crippen molar-refractivity contribution in [1.29, 1.82) is 0 Å². The molecule has 1 saturated heterocycles. The molecule has 0 amide bonds. The molecule has 0 aromatic heterocycles. The van der Waals surface area contributed by atoms with Crippen molar-refractivity contribution < 1.29 is 12.8 Å². The molecule has 2 rings (SSSR count). The Morgan fingerprint density at radius 1 is 1.45 bits per heavy atom. The molecule has 2 unspecified atom stereocenters. The fourth-order valence-corrected chi connectivity index (χ4v) is 4.01. The van der Waals surface area contributed by atoms with Crippen LogP contribution in [0.4, 0.5) is 4.39 Å². The highest BCUT2D eigenvalue weighted by atomic mass is 32.2. The van der Waals surface area contributed by atoms with E-state index in [0.717, 1.165) is 13.0 Å². The van der Waals surface area contributed by atoms with E-state index in [4.69, 9.17) is 0 Å². The number of benzene rings is 1. The van der Waals surface area contributed by atoms with Crippen LogP contribution in [0.5, 0.6) is 0 Å². The van der Waals surface area contributed by atoms with E-state index in [1.165, 1.54) is 6.07 Å². The van der Waals surface area contributed by atoms with Crippen molar-refractivity contribution >= 4 is 10.0 Å². The normalized spacial score (nSPS) is 21.6. The first kappa shape index (κ1) is 15.4. The lowest BCUT2D eigenvalue weighted by atomic mass is 10.1. The van der Waals surface area contributed by atoms with Gasteiger partial charge in [0.15, 0.2) is 0 Å². The summed E-state index contributed by atoms with van der Waals surface area (Å²) in [6.45, 7) is 4.76. The second kappa shape index (κ2) is 6.20. The van der Waals surface area contributed by atoms with Crippen molar-refractivity contribution in [3.05, 3.63) is 35.1 Å². The minimum Gasteiger partial charge on any atom is -0.315 e. The van der Waals surface area contributed by atoms with Gasteiger partial charge in [0, 0.05) is 12.6 Å². The van der Waals surface area contributed by atoms with Crippen molar-refractivity contribution in [1.82, 2.24) is 10.0 Å². The van der Waals surface area contributed by atoms with Crippen molar-refractivity contribution in [2.45, 2.75) is 38.0 Å². The second-order valence-electron chi connectivity index (χ2n) is 5.36. The highest BCUT2D eigenvalue weighted by Crippen LogP contribution is 2.19. The maximum absolute atomic E-state index is 13.5. The molecular weight excluding hydrogens is 279 g/mol. The minimum absolute atomic E-state index is 0.312. The minimum atomic E-state index is -3.39. The summed E-state index contributed by atoms with van der Waals surface area (Å²) in [5, 5.41) is 2.68. The van der Waals surface area contributed by atoms with Crippen LogP contribution in [0.25, 0.3) is 0 Å². The summed E-state index contributed by atoms with van der Waals surface area (Å²) < 4.78 is 40.7. The van der Waals surface area contributed by atoms with E-state index in [9.17, 15) is 12.8 Å². The molecule has 1 aliphatic rings. The topological polar surface area (TPSA) is 58.2 Å². The van der Waals surface area contributed by atoms with Gasteiger partial charge in [-0.3, -0.25) is 0 Å². The zero-order valence-corrected chi connectivity index (χ0v) is 12.6. The molecule has 0 aliphatic carbocycles. The number of piperidine rings is 1. The highest BCUT2D eigenvalue weighted by molar-refractivity contribution is 7.90. The molecule has 6 heteroatoms. The SMILES string of the molecule is Cc1ccc(C(C)NS(=O)(=O)C2CCCNC2)cc1F. The molecule has 2 atom stereocenters. The van der Waals surface area contributed by atoms with Crippen LogP contribution in [0.2, 0.25) is 0 Å². The smallest absolute Gasteiger partial charge is 0.216 e. The summed E-state index contributed by atoms with van der Waals surface area (Å²) in [5.74, 6) is -0.312. The molecule has 4 nitrogen and oxygen atoms in total. The summed E-state index contributed by atoms with van der Waals surface area (Å²) in [4.78, 5) is 0. The molecule has 20 heavy (non-hydrogen) atoms. The standard InChI is InChI=1S/C14H21FN2O2S/c1-10-5-6-12(8-14(10)15)11(2)17-20(18,19)13-4-3-7-16-9-13/h5-6,8,11,13,16-17H,3-4,7,9H2,1-2H3. The number of hydrogen-bond acceptors (Lipinski definition) is 3. The molecular formula is C14H21FN2O2S. The molecule has 1 heterocycles. The van der Waals surface area contributed by atoms with Crippen LogP contribution < -0.4 is 10.0 Å². The van der Waals surface area contributed by atoms with Gasteiger partial charge < -0.3 is 5.32 Å². The average molecular weight is 300 g/mol. The third-order valence-electron chi connectivity index (χ3n) is 3.73. The fourth-order valence-electron chi connectivity index (χ4n) is 2.37. The van der Waals surface area contributed by atoms with Crippen LogP contribution >= 0.6 is 0 Å². The van der Waals surface area contributed by atoms with E-state index in [1.807, 2.05) is 0 Å². The first-order chi connectivity index (χ1) is 9.40. The van der Waals surface area contributed by atoms with E-state index in [-0.39, 0.29) is 5.82 Å². The Kier molecular flexibility index (Phi) is 4.78. The molecule has 1 fully saturated rings. The van der Waals surface area contributed by atoms with E-state index in [0.29, 0.717) is 24.1 Å². The van der Waals surface area contributed by atoms with E-state index in [1.54, 1.807) is 26.0 Å². The zero-order valence-electron chi connectivity index (χ0n) is 11.8. The van der Waals surface area contributed by atoms with E-state index >= 15 is 0 Å². The van der Waals surface area contributed by atoms with Crippen LogP contribution in [0.1, 0.15) is 36.9 Å². The number of aryl methyl sites for hydroxylation is 1. The first-order valence-corrected chi connectivity index (χ1v) is 8.42. The molecule has 112 valence electrons. The maximum atomic E-state index is 13.5. The lowest BCUT2D eigenvalue weighted by Crippen LogP contribution is -2.44. The molecule has 1 aromatic carbocycles. The number of sulfonamides is 1. The number of rotatable bonds is 4. The van der Waals surface area contributed by atoms with Gasteiger partial charge in [0.25, 0.3) is 0 Å². The molecule has 1 aliphatic heterocycles. The average Bonchev–Trinajstić information content (AvgIpc) is 2.42. The van der Waals surface area contributed by atoms with Crippen molar-refractivity contribution in [3.8, 4) is 0 Å². The Morgan fingerprint density at radius 2 is 2.20 bits per heavy atom. The van der Waals surface area contributed by atoms with Crippen molar-refractivity contribution in [2.75, 3.05) is 13.1 Å². The van der Waals surface area contributed by atoms with Crippen molar-refractivity contribution in [2.24, 2.45) is 0 Å². The Balaban J connectivity index is 2.09. The number of nitrogens with one attached hydrogen (secondary N) is 2. The zero-order chi connectivity index (χ0) is 14.8. The van der Waals surface area contributed by atoms with Crippen LogP contribution in [0.3, 0.4) is 0 Å². The summed E-state index contributed by atoms with van der Waals surface area (Å²) in [7, 11) is -3.39. The van der Waals surface area contributed by atoms with Gasteiger partial charge in [0.2, 0.25) is 10.0 Å². The number of halogens is 1. The van der Waals surface area contributed by atoms with Gasteiger partial charge in [-0.25, -0.2) is 17.5 Å². The Labute approximate surface area is 119 Å². The molecule has 0 radical (unpaired) electrons. The lowest BCUT2D eigenvalue weighted by molar-refractivity contribution is 0.484. The van der Waals surface area contributed by atoms with Crippen LogP contribution in [-0.4, -0.2) is 26.8 Å². The predicted molar refractivity (Wildman–Crippen MR) is 77.5 cm³/mol. The summed E-state index contributed by atoms with van der Waals surface area (Å²) in [6, 6.07) is 4.38.